The van der Waals surface area contributed by atoms with E-state index in [9.17, 15) is 36.3 Å². The highest BCUT2D eigenvalue weighted by Gasteiger charge is 2.49. The molecule has 0 saturated carbocycles. The summed E-state index contributed by atoms with van der Waals surface area (Å²) in [5.74, 6) is -3.24. The minimum absolute atomic E-state index is 0.0833. The number of carboxylic acids is 1. The van der Waals surface area contributed by atoms with Crippen LogP contribution in [0.2, 0.25) is 0 Å². The molecule has 4 atom stereocenters. The van der Waals surface area contributed by atoms with Crippen LogP contribution in [0.4, 0.5) is 18.0 Å². The van der Waals surface area contributed by atoms with Crippen molar-refractivity contribution in [2.75, 3.05) is 32.8 Å². The number of aliphatic hydroxyl groups excluding tert-OH is 1. The molecule has 0 aliphatic carbocycles. The number of fused-ring (bicyclic) bond motifs is 2. The molecule has 4 heterocycles. The van der Waals surface area contributed by atoms with E-state index in [4.69, 9.17) is 19.3 Å². The van der Waals surface area contributed by atoms with Gasteiger partial charge in [0.05, 0.1) is 18.8 Å². The number of piperidine rings is 2. The van der Waals surface area contributed by atoms with E-state index in [1.54, 1.807) is 0 Å². The molecule has 4 aliphatic heterocycles. The molecule has 0 aromatic rings. The van der Waals surface area contributed by atoms with Crippen LogP contribution in [0.3, 0.4) is 0 Å². The van der Waals surface area contributed by atoms with Crippen LogP contribution in [0.1, 0.15) is 32.1 Å². The van der Waals surface area contributed by atoms with Crippen molar-refractivity contribution >= 4 is 28.3 Å². The highest BCUT2D eigenvalue weighted by molar-refractivity contribution is 7.80. The summed E-state index contributed by atoms with van der Waals surface area (Å²) in [6, 6.07) is -1.67. The van der Waals surface area contributed by atoms with Crippen molar-refractivity contribution in [2.24, 2.45) is 0 Å². The minimum atomic E-state index is -5.08. The number of halogens is 3. The highest BCUT2D eigenvalue weighted by atomic mass is 32.3. The van der Waals surface area contributed by atoms with E-state index in [2.05, 4.69) is 20.0 Å². The van der Waals surface area contributed by atoms with Crippen molar-refractivity contribution in [3.05, 3.63) is 0 Å². The van der Waals surface area contributed by atoms with Crippen molar-refractivity contribution in [3.8, 4) is 0 Å². The second kappa shape index (κ2) is 12.3. The zero-order valence-electron chi connectivity index (χ0n) is 20.0. The molecule has 4 aliphatic rings. The monoisotopic (exact) mass is 577 g/mol. The molecular formula is C19H30F3N5O10S. The Morgan fingerprint density at radius 2 is 1.76 bits per heavy atom. The number of carbonyl (C=O) groups excluding carboxylic acids is 2. The van der Waals surface area contributed by atoms with Gasteiger partial charge in [0, 0.05) is 38.3 Å². The summed E-state index contributed by atoms with van der Waals surface area (Å²) in [5, 5.41) is 20.8. The van der Waals surface area contributed by atoms with Crippen LogP contribution in [0.15, 0.2) is 0 Å². The first-order valence-electron chi connectivity index (χ1n) is 11.8. The summed E-state index contributed by atoms with van der Waals surface area (Å²) in [5.41, 5.74) is 2.40. The number of hydroxylamine groups is 3. The molecule has 19 heteroatoms. The first-order chi connectivity index (χ1) is 17.7. The molecule has 4 saturated heterocycles. The van der Waals surface area contributed by atoms with Gasteiger partial charge in [0.25, 0.3) is 5.91 Å². The fourth-order valence-electron chi connectivity index (χ4n) is 4.84. The number of rotatable bonds is 7. The van der Waals surface area contributed by atoms with Gasteiger partial charge in [-0.05, 0) is 32.1 Å². The normalized spacial score (nSPS) is 28.7. The first-order valence-corrected chi connectivity index (χ1v) is 13.2. The van der Waals surface area contributed by atoms with Crippen LogP contribution >= 0.6 is 0 Å². The predicted octanol–water partition coefficient (Wildman–Crippen LogP) is -1.14. The summed E-state index contributed by atoms with van der Waals surface area (Å²) < 4.78 is 66.8. The lowest BCUT2D eigenvalue weighted by Gasteiger charge is -2.34. The fraction of sp³-hybridized carbons (Fsp3) is 0.842. The number of alkyl halides is 3. The molecule has 5 N–H and O–H groups in total. The van der Waals surface area contributed by atoms with Crippen molar-refractivity contribution in [3.63, 3.8) is 0 Å². The van der Waals surface area contributed by atoms with Crippen molar-refractivity contribution < 1.29 is 59.9 Å². The van der Waals surface area contributed by atoms with Gasteiger partial charge in [-0.3, -0.25) is 19.1 Å². The third-order valence-electron chi connectivity index (χ3n) is 6.71. The van der Waals surface area contributed by atoms with Crippen molar-refractivity contribution in [1.82, 2.24) is 25.7 Å². The molecule has 0 radical (unpaired) electrons. The number of aliphatic carboxylic acids is 1. The first kappa shape index (κ1) is 30.3. The Hall–Kier alpha value is -2.29. The maximum atomic E-state index is 12.5. The van der Waals surface area contributed by atoms with Crippen LogP contribution in [-0.4, -0.2) is 125 Å². The Morgan fingerprint density at radius 1 is 1.13 bits per heavy atom. The SMILES string of the molecule is O=C(NOC[C@H]1C[C@H](N2CCC(O)CC2)CN1)[C@@H]1CC[C@@H]2CN1C(=O)N2OS(=O)(=O)O.O=C(O)C(F)(F)F. The number of carbonyl (C=O) groups is 3. The predicted molar refractivity (Wildman–Crippen MR) is 118 cm³/mol. The highest BCUT2D eigenvalue weighted by Crippen LogP contribution is 2.30. The van der Waals surface area contributed by atoms with E-state index in [0.717, 1.165) is 38.9 Å². The van der Waals surface area contributed by atoms with Gasteiger partial charge in [-0.1, -0.05) is 0 Å². The maximum Gasteiger partial charge on any atom is 0.490 e. The molecule has 15 nitrogen and oxygen atoms in total. The quantitative estimate of drug-likeness (QED) is 0.180. The Kier molecular flexibility index (Phi) is 9.76. The van der Waals surface area contributed by atoms with Gasteiger partial charge in [-0.15, -0.1) is 4.28 Å². The number of hydrogen-bond donors (Lipinski definition) is 5. The minimum Gasteiger partial charge on any atom is -0.475 e. The molecule has 0 aromatic carbocycles. The van der Waals surface area contributed by atoms with Gasteiger partial charge in [0.2, 0.25) is 0 Å². The summed E-state index contributed by atoms with van der Waals surface area (Å²) in [7, 11) is -4.83. The molecule has 3 amide bonds. The lowest BCUT2D eigenvalue weighted by Crippen LogP contribution is -2.50. The second-order valence-corrected chi connectivity index (χ2v) is 10.4. The van der Waals surface area contributed by atoms with Crippen molar-refractivity contribution in [2.45, 2.75) is 68.6 Å². The van der Waals surface area contributed by atoms with E-state index >= 15 is 0 Å². The van der Waals surface area contributed by atoms with Crippen LogP contribution in [0, 0.1) is 0 Å². The smallest absolute Gasteiger partial charge is 0.475 e. The van der Waals surface area contributed by atoms with E-state index < -0.39 is 46.6 Å². The third-order valence-corrected chi connectivity index (χ3v) is 7.06. The van der Waals surface area contributed by atoms with E-state index in [1.165, 1.54) is 4.90 Å². The molecule has 218 valence electrons. The number of carboxylic acid groups (broad SMARTS) is 1. The van der Waals surface area contributed by atoms with Gasteiger partial charge >= 0.3 is 28.6 Å². The number of aliphatic hydroxyl groups is 1. The average Bonchev–Trinajstić information content (AvgIpc) is 3.38. The molecular weight excluding hydrogens is 547 g/mol. The van der Waals surface area contributed by atoms with E-state index in [1.807, 2.05) is 0 Å². The molecule has 0 spiro atoms. The third kappa shape index (κ3) is 8.10. The summed E-state index contributed by atoms with van der Waals surface area (Å²) >= 11 is 0. The lowest BCUT2D eigenvalue weighted by molar-refractivity contribution is -0.192. The summed E-state index contributed by atoms with van der Waals surface area (Å²) in [4.78, 5) is 42.8. The zero-order valence-corrected chi connectivity index (χ0v) is 20.9. The van der Waals surface area contributed by atoms with Gasteiger partial charge in [-0.2, -0.15) is 26.7 Å². The standard InChI is InChI=1S/C17H29N5O8S.C2HF3O2/c23-14-3-5-20(6-4-14)13-7-11(18-8-13)10-29-19-16(24)15-2-1-12-9-21(15)17(25)22(12)30-31(26,27)28;3-2(4,5)1(6)7/h11-15,18,23H,1-10H2,(H,19,24)(H,26,27,28);(H,6,7)/t11-,12-,13+,15+;/m1./s1. The van der Waals surface area contributed by atoms with Gasteiger partial charge < -0.3 is 20.4 Å². The van der Waals surface area contributed by atoms with Crippen LogP contribution in [0.5, 0.6) is 0 Å². The molecule has 0 unspecified atom stereocenters. The van der Waals surface area contributed by atoms with E-state index in [0.29, 0.717) is 23.9 Å². The maximum absolute atomic E-state index is 12.5. The molecule has 2 bridgehead atoms. The number of urea groups is 1. The van der Waals surface area contributed by atoms with Gasteiger partial charge in [-0.25, -0.2) is 15.1 Å². The average molecular weight is 578 g/mol. The Morgan fingerprint density at radius 3 is 2.34 bits per heavy atom. The largest absolute Gasteiger partial charge is 0.490 e. The number of amides is 3. The topological polar surface area (TPSA) is 198 Å². The Bertz CT molecular complexity index is 979. The van der Waals surface area contributed by atoms with Crippen LogP contribution in [-0.2, 0) is 29.1 Å². The van der Waals surface area contributed by atoms with Gasteiger partial charge in [0.15, 0.2) is 0 Å². The van der Waals surface area contributed by atoms with Crippen LogP contribution < -0.4 is 10.8 Å². The molecule has 4 rings (SSSR count). The summed E-state index contributed by atoms with van der Waals surface area (Å²) in [6.07, 6.45) is -2.16. The number of nitrogens with one attached hydrogen (secondary N) is 2. The molecule has 38 heavy (non-hydrogen) atoms. The molecule has 4 fully saturated rings. The number of likely N-dealkylation sites (tertiary alicyclic amines) is 1. The number of hydrogen-bond acceptors (Lipinski definition) is 10. The zero-order chi connectivity index (χ0) is 28.3. The summed E-state index contributed by atoms with van der Waals surface area (Å²) in [6.45, 7) is 2.99. The van der Waals surface area contributed by atoms with Gasteiger partial charge in [0.1, 0.15) is 6.04 Å². The fourth-order valence-corrected chi connectivity index (χ4v) is 5.23. The van der Waals surface area contributed by atoms with Crippen molar-refractivity contribution in [1.29, 1.82) is 0 Å². The molecule has 0 aromatic heterocycles. The Balaban J connectivity index is 0.000000505. The Labute approximate surface area is 215 Å². The van der Waals surface area contributed by atoms with E-state index in [-0.39, 0.29) is 25.3 Å². The number of nitrogens with zero attached hydrogens (tertiary/aromatic N) is 3. The van der Waals surface area contributed by atoms with Crippen LogP contribution in [0.25, 0.3) is 0 Å². The second-order valence-electron chi connectivity index (χ2n) is 9.35. The lowest BCUT2D eigenvalue weighted by atomic mass is 10.0.